The molecule has 2 heterocycles. The molecule has 150 valence electrons. The fraction of sp³-hybridized carbons (Fsp3) is 0.160. The summed E-state index contributed by atoms with van der Waals surface area (Å²) in [5, 5.41) is 7.82. The molecule has 4 rings (SSSR count). The lowest BCUT2D eigenvalue weighted by atomic mass is 10.0. The largest absolute Gasteiger partial charge is 0.343 e. The Morgan fingerprint density at radius 2 is 1.60 bits per heavy atom. The summed E-state index contributed by atoms with van der Waals surface area (Å²) in [7, 11) is 0. The highest BCUT2D eigenvalue weighted by Crippen LogP contribution is 2.22. The van der Waals surface area contributed by atoms with Crippen molar-refractivity contribution in [2.24, 2.45) is 0 Å². The molecule has 2 aromatic heterocycles. The van der Waals surface area contributed by atoms with Crippen molar-refractivity contribution >= 4 is 5.91 Å². The number of para-hydroxylation sites is 1. The lowest BCUT2D eigenvalue weighted by molar-refractivity contribution is -0.121. The van der Waals surface area contributed by atoms with E-state index in [9.17, 15) is 4.79 Å². The maximum absolute atomic E-state index is 13.0. The normalized spacial score (nSPS) is 11.8. The fourth-order valence-corrected chi connectivity index (χ4v) is 3.64. The Morgan fingerprint density at radius 1 is 0.933 bits per heavy atom. The Labute approximate surface area is 176 Å². The van der Waals surface area contributed by atoms with Crippen molar-refractivity contribution in [2.45, 2.75) is 26.3 Å². The smallest absolute Gasteiger partial charge is 0.225 e. The molecule has 30 heavy (non-hydrogen) atoms. The molecule has 1 amide bonds. The van der Waals surface area contributed by atoms with Crippen molar-refractivity contribution in [2.75, 3.05) is 0 Å². The number of pyridine rings is 1. The fourth-order valence-electron chi connectivity index (χ4n) is 3.64. The molecule has 1 atom stereocenters. The van der Waals surface area contributed by atoms with Gasteiger partial charge in [0.15, 0.2) is 0 Å². The number of nitrogens with zero attached hydrogens (tertiary/aromatic N) is 3. The van der Waals surface area contributed by atoms with Gasteiger partial charge in [-0.2, -0.15) is 5.10 Å². The number of carbonyl (C=O) groups is 1. The minimum Gasteiger partial charge on any atom is -0.343 e. The van der Waals surface area contributed by atoms with Gasteiger partial charge in [0.25, 0.3) is 0 Å². The van der Waals surface area contributed by atoms with Crippen LogP contribution in [-0.2, 0) is 11.2 Å². The second kappa shape index (κ2) is 8.74. The zero-order valence-corrected chi connectivity index (χ0v) is 17.1. The summed E-state index contributed by atoms with van der Waals surface area (Å²) in [5.74, 6) is -0.0617. The van der Waals surface area contributed by atoms with Gasteiger partial charge >= 0.3 is 0 Å². The van der Waals surface area contributed by atoms with Crippen LogP contribution in [-0.4, -0.2) is 20.7 Å². The second-order valence-electron chi connectivity index (χ2n) is 7.24. The van der Waals surface area contributed by atoms with Crippen LogP contribution in [0.2, 0.25) is 0 Å². The van der Waals surface area contributed by atoms with E-state index < -0.39 is 0 Å². The molecule has 0 aliphatic heterocycles. The zero-order valence-electron chi connectivity index (χ0n) is 17.1. The van der Waals surface area contributed by atoms with E-state index in [4.69, 9.17) is 0 Å². The van der Waals surface area contributed by atoms with E-state index in [1.165, 1.54) is 0 Å². The summed E-state index contributed by atoms with van der Waals surface area (Å²) in [4.78, 5) is 17.5. The molecule has 0 saturated carbocycles. The number of hydrogen-bond donors (Lipinski definition) is 1. The summed E-state index contributed by atoms with van der Waals surface area (Å²) in [6.07, 6.45) is 2.01. The van der Waals surface area contributed by atoms with Crippen LogP contribution in [0.5, 0.6) is 0 Å². The summed E-state index contributed by atoms with van der Waals surface area (Å²) >= 11 is 0. The summed E-state index contributed by atoms with van der Waals surface area (Å²) in [6, 6.07) is 25.3. The van der Waals surface area contributed by atoms with Crippen LogP contribution in [0.4, 0.5) is 0 Å². The predicted molar refractivity (Wildman–Crippen MR) is 117 cm³/mol. The third-order valence-corrected chi connectivity index (χ3v) is 5.20. The lowest BCUT2D eigenvalue weighted by Crippen LogP contribution is -2.31. The number of aryl methyl sites for hydroxylation is 1. The highest BCUT2D eigenvalue weighted by molar-refractivity contribution is 5.80. The van der Waals surface area contributed by atoms with Crippen LogP contribution in [0.15, 0.2) is 85.1 Å². The molecule has 5 heteroatoms. The van der Waals surface area contributed by atoms with Crippen LogP contribution < -0.4 is 5.32 Å². The Bertz CT molecular complexity index is 1080. The minimum absolute atomic E-state index is 0.0617. The first-order valence-electron chi connectivity index (χ1n) is 9.99. The van der Waals surface area contributed by atoms with Crippen LogP contribution in [0.25, 0.3) is 5.69 Å². The first-order valence-corrected chi connectivity index (χ1v) is 9.99. The molecule has 5 nitrogen and oxygen atoms in total. The van der Waals surface area contributed by atoms with Gasteiger partial charge in [-0.1, -0.05) is 54.6 Å². The van der Waals surface area contributed by atoms with Crippen molar-refractivity contribution in [1.82, 2.24) is 20.1 Å². The van der Waals surface area contributed by atoms with Crippen molar-refractivity contribution in [3.05, 3.63) is 113 Å². The monoisotopic (exact) mass is 396 g/mol. The average Bonchev–Trinajstić information content (AvgIpc) is 3.07. The number of amides is 1. The van der Waals surface area contributed by atoms with Gasteiger partial charge in [-0.3, -0.25) is 9.78 Å². The molecule has 0 aliphatic rings. The number of rotatable bonds is 6. The van der Waals surface area contributed by atoms with Gasteiger partial charge in [-0.05, 0) is 43.7 Å². The van der Waals surface area contributed by atoms with Gasteiger partial charge in [0, 0.05) is 17.5 Å². The van der Waals surface area contributed by atoms with E-state index in [1.54, 1.807) is 6.20 Å². The van der Waals surface area contributed by atoms with Crippen molar-refractivity contribution in [3.8, 4) is 5.69 Å². The average molecular weight is 396 g/mol. The Morgan fingerprint density at radius 3 is 2.27 bits per heavy atom. The number of carbonyl (C=O) groups excluding carboxylic acids is 1. The molecule has 1 N–H and O–H groups in total. The highest BCUT2D eigenvalue weighted by atomic mass is 16.1. The first kappa shape index (κ1) is 19.6. The first-order chi connectivity index (χ1) is 14.6. The summed E-state index contributed by atoms with van der Waals surface area (Å²) in [5.41, 5.74) is 5.58. The SMILES string of the molecule is Cc1nn(-c2ccccc2)c(C)c1CC(=O)NC(c1ccccc1)c1ccccn1. The maximum atomic E-state index is 13.0. The summed E-state index contributed by atoms with van der Waals surface area (Å²) < 4.78 is 1.89. The number of benzene rings is 2. The van der Waals surface area contributed by atoms with Gasteiger partial charge in [0.2, 0.25) is 5.91 Å². The molecule has 0 fully saturated rings. The predicted octanol–water partition coefficient (Wildman–Crippen LogP) is 4.33. The summed E-state index contributed by atoms with van der Waals surface area (Å²) in [6.45, 7) is 3.95. The van der Waals surface area contributed by atoms with Gasteiger partial charge < -0.3 is 5.32 Å². The molecular formula is C25H24N4O. The molecule has 0 saturated heterocycles. The van der Waals surface area contributed by atoms with Gasteiger partial charge in [-0.15, -0.1) is 0 Å². The van der Waals surface area contributed by atoms with E-state index in [2.05, 4.69) is 15.4 Å². The van der Waals surface area contributed by atoms with Crippen molar-refractivity contribution < 1.29 is 4.79 Å². The van der Waals surface area contributed by atoms with E-state index >= 15 is 0 Å². The zero-order chi connectivity index (χ0) is 20.9. The third-order valence-electron chi connectivity index (χ3n) is 5.20. The van der Waals surface area contributed by atoms with E-state index in [0.29, 0.717) is 0 Å². The van der Waals surface area contributed by atoms with E-state index in [-0.39, 0.29) is 18.4 Å². The quantitative estimate of drug-likeness (QED) is 0.528. The lowest BCUT2D eigenvalue weighted by Gasteiger charge is -2.19. The Kier molecular flexibility index (Phi) is 5.70. The minimum atomic E-state index is -0.301. The third kappa shape index (κ3) is 4.15. The van der Waals surface area contributed by atoms with Crippen molar-refractivity contribution in [1.29, 1.82) is 0 Å². The van der Waals surface area contributed by atoms with Crippen LogP contribution in [0, 0.1) is 13.8 Å². The van der Waals surface area contributed by atoms with E-state index in [0.717, 1.165) is 33.9 Å². The Hall–Kier alpha value is -3.73. The molecule has 0 bridgehead atoms. The van der Waals surface area contributed by atoms with Crippen LogP contribution >= 0.6 is 0 Å². The van der Waals surface area contributed by atoms with Crippen molar-refractivity contribution in [3.63, 3.8) is 0 Å². The molecule has 0 aliphatic carbocycles. The molecular weight excluding hydrogens is 372 g/mol. The molecule has 0 radical (unpaired) electrons. The maximum Gasteiger partial charge on any atom is 0.225 e. The van der Waals surface area contributed by atoms with E-state index in [1.807, 2.05) is 97.4 Å². The van der Waals surface area contributed by atoms with Gasteiger partial charge in [0.05, 0.1) is 29.5 Å². The number of aromatic nitrogens is 3. The molecule has 4 aromatic rings. The molecule has 0 spiro atoms. The van der Waals surface area contributed by atoms with Gasteiger partial charge in [-0.25, -0.2) is 4.68 Å². The number of nitrogens with one attached hydrogen (secondary N) is 1. The standard InChI is InChI=1S/C25H24N4O/c1-18-22(19(2)29(28-18)21-13-7-4-8-14-21)17-24(30)27-25(20-11-5-3-6-12-20)23-15-9-10-16-26-23/h3-16,25H,17H2,1-2H3,(H,27,30). The Balaban J connectivity index is 1.58. The molecule has 2 aromatic carbocycles. The van der Waals surface area contributed by atoms with Crippen LogP contribution in [0.1, 0.15) is 34.3 Å². The highest BCUT2D eigenvalue weighted by Gasteiger charge is 2.21. The number of hydrogen-bond acceptors (Lipinski definition) is 3. The second-order valence-corrected chi connectivity index (χ2v) is 7.24. The molecule has 1 unspecified atom stereocenters. The topological polar surface area (TPSA) is 59.8 Å². The van der Waals surface area contributed by atoms with Gasteiger partial charge in [0.1, 0.15) is 0 Å². The van der Waals surface area contributed by atoms with Crippen LogP contribution in [0.3, 0.4) is 0 Å².